The highest BCUT2D eigenvalue weighted by atomic mass is 35.5. The highest BCUT2D eigenvalue weighted by Crippen LogP contribution is 2.28. The predicted octanol–water partition coefficient (Wildman–Crippen LogP) is 4.22. The molecule has 1 amide bonds. The van der Waals surface area contributed by atoms with Crippen molar-refractivity contribution in [3.05, 3.63) is 35.9 Å². The van der Waals surface area contributed by atoms with Crippen molar-refractivity contribution in [3.8, 4) is 0 Å². The Morgan fingerprint density at radius 1 is 1.07 bits per heavy atom. The third-order valence-electron chi connectivity index (χ3n) is 6.57. The second-order valence-electron chi connectivity index (χ2n) is 8.86. The van der Waals surface area contributed by atoms with E-state index in [1.807, 2.05) is 7.05 Å². The Labute approximate surface area is 189 Å². The van der Waals surface area contributed by atoms with Crippen LogP contribution in [0, 0.1) is 17.8 Å². The highest BCUT2D eigenvalue weighted by Gasteiger charge is 2.36. The van der Waals surface area contributed by atoms with Gasteiger partial charge < -0.3 is 10.2 Å². The molecular weight excluding hydrogens is 405 g/mol. The third-order valence-corrected chi connectivity index (χ3v) is 6.57. The van der Waals surface area contributed by atoms with Crippen molar-refractivity contribution in [3.63, 3.8) is 0 Å². The van der Waals surface area contributed by atoms with Crippen LogP contribution in [-0.2, 0) is 11.3 Å². The molecule has 0 aromatic heterocycles. The van der Waals surface area contributed by atoms with Gasteiger partial charge in [0.15, 0.2) is 0 Å². The molecule has 2 unspecified atom stereocenters. The molecule has 2 aliphatic heterocycles. The molecular formula is C23H39Cl2N3O. The Kier molecular flexibility index (Phi) is 11.6. The zero-order valence-electron chi connectivity index (χ0n) is 18.2. The highest BCUT2D eigenvalue weighted by molar-refractivity contribution is 5.85. The molecule has 0 saturated carbocycles. The van der Waals surface area contributed by atoms with E-state index in [1.165, 1.54) is 18.4 Å². The molecule has 1 N–H and O–H groups in total. The molecule has 2 atom stereocenters. The van der Waals surface area contributed by atoms with Gasteiger partial charge in [0.2, 0.25) is 5.91 Å². The SMILES string of the molecule is CC1CN(Cc2ccccc2)CC(C)C1N(C)C(=O)CCC1CCNCC1.Cl.Cl. The molecule has 0 aliphatic carbocycles. The van der Waals surface area contributed by atoms with Crippen molar-refractivity contribution in [2.75, 3.05) is 33.2 Å². The molecule has 2 fully saturated rings. The number of rotatable bonds is 6. The van der Waals surface area contributed by atoms with Crippen LogP contribution in [0.4, 0.5) is 0 Å². The van der Waals surface area contributed by atoms with E-state index in [1.54, 1.807) is 0 Å². The summed E-state index contributed by atoms with van der Waals surface area (Å²) in [6, 6.07) is 11.1. The number of hydrogen-bond acceptors (Lipinski definition) is 3. The summed E-state index contributed by atoms with van der Waals surface area (Å²) < 4.78 is 0. The lowest BCUT2D eigenvalue weighted by molar-refractivity contribution is -0.136. The third kappa shape index (κ3) is 7.43. The van der Waals surface area contributed by atoms with Crippen LogP contribution in [0.1, 0.15) is 45.1 Å². The monoisotopic (exact) mass is 443 g/mol. The molecule has 2 aliphatic rings. The number of carbonyl (C=O) groups excluding carboxylic acids is 1. The summed E-state index contributed by atoms with van der Waals surface area (Å²) in [5.41, 5.74) is 1.38. The second kappa shape index (κ2) is 12.8. The normalized spacial score (nSPS) is 25.6. The Balaban J connectivity index is 0.00000210. The van der Waals surface area contributed by atoms with Gasteiger partial charge in [0, 0.05) is 39.1 Å². The summed E-state index contributed by atoms with van der Waals surface area (Å²) in [6.07, 6.45) is 4.22. The number of benzene rings is 1. The van der Waals surface area contributed by atoms with E-state index in [-0.39, 0.29) is 24.8 Å². The average molecular weight is 444 g/mol. The van der Waals surface area contributed by atoms with Crippen LogP contribution >= 0.6 is 24.8 Å². The van der Waals surface area contributed by atoms with Crippen LogP contribution in [-0.4, -0.2) is 55.0 Å². The first-order chi connectivity index (χ1) is 13.0. The number of amides is 1. The number of nitrogens with one attached hydrogen (secondary N) is 1. The van der Waals surface area contributed by atoms with Crippen molar-refractivity contribution in [1.29, 1.82) is 0 Å². The Bertz CT molecular complexity index is 583. The summed E-state index contributed by atoms with van der Waals surface area (Å²) in [5.74, 6) is 2.08. The van der Waals surface area contributed by atoms with E-state index < -0.39 is 0 Å². The van der Waals surface area contributed by atoms with E-state index >= 15 is 0 Å². The lowest BCUT2D eigenvalue weighted by Crippen LogP contribution is -2.55. The van der Waals surface area contributed by atoms with Gasteiger partial charge in [-0.2, -0.15) is 0 Å². The van der Waals surface area contributed by atoms with E-state index in [0.717, 1.165) is 45.1 Å². The number of hydrogen-bond donors (Lipinski definition) is 1. The van der Waals surface area contributed by atoms with Crippen LogP contribution in [0.2, 0.25) is 0 Å². The number of carbonyl (C=O) groups is 1. The smallest absolute Gasteiger partial charge is 0.222 e. The predicted molar refractivity (Wildman–Crippen MR) is 126 cm³/mol. The van der Waals surface area contributed by atoms with Gasteiger partial charge in [-0.05, 0) is 55.7 Å². The summed E-state index contributed by atoms with van der Waals surface area (Å²) in [7, 11) is 2.04. The number of likely N-dealkylation sites (tertiary alicyclic amines) is 1. The minimum Gasteiger partial charge on any atom is -0.342 e. The number of nitrogens with zero attached hydrogens (tertiary/aromatic N) is 2. The standard InChI is InChI=1S/C23H37N3O.2ClH/c1-18-15-26(17-21-7-5-4-6-8-21)16-19(2)23(18)25(3)22(27)10-9-20-11-13-24-14-12-20;;/h4-8,18-20,23-24H,9-17H2,1-3H3;2*1H. The van der Waals surface area contributed by atoms with Crippen molar-refractivity contribution in [2.45, 2.75) is 52.1 Å². The Morgan fingerprint density at radius 2 is 1.66 bits per heavy atom. The van der Waals surface area contributed by atoms with Crippen molar-refractivity contribution >= 4 is 30.7 Å². The average Bonchev–Trinajstić information content (AvgIpc) is 2.67. The molecule has 0 radical (unpaired) electrons. The largest absolute Gasteiger partial charge is 0.342 e. The summed E-state index contributed by atoms with van der Waals surface area (Å²) in [4.78, 5) is 17.5. The van der Waals surface area contributed by atoms with Crippen molar-refractivity contribution < 1.29 is 4.79 Å². The molecule has 0 bridgehead atoms. The van der Waals surface area contributed by atoms with Crippen LogP contribution in [0.15, 0.2) is 30.3 Å². The van der Waals surface area contributed by atoms with E-state index in [9.17, 15) is 4.79 Å². The van der Waals surface area contributed by atoms with Gasteiger partial charge in [-0.25, -0.2) is 0 Å². The first-order valence-corrected chi connectivity index (χ1v) is 10.8. The maximum absolute atomic E-state index is 12.8. The molecule has 1 aromatic rings. The molecule has 1 aromatic carbocycles. The van der Waals surface area contributed by atoms with E-state index in [0.29, 0.717) is 30.2 Å². The minimum atomic E-state index is 0. The first-order valence-electron chi connectivity index (χ1n) is 10.8. The topological polar surface area (TPSA) is 35.6 Å². The Morgan fingerprint density at radius 3 is 2.24 bits per heavy atom. The van der Waals surface area contributed by atoms with E-state index in [4.69, 9.17) is 0 Å². The first kappa shape index (κ1) is 26.2. The Hall–Kier alpha value is -0.810. The second-order valence-corrected chi connectivity index (χ2v) is 8.86. The van der Waals surface area contributed by atoms with Crippen LogP contribution in [0.3, 0.4) is 0 Å². The maximum Gasteiger partial charge on any atom is 0.222 e. The molecule has 29 heavy (non-hydrogen) atoms. The molecule has 3 rings (SSSR count). The maximum atomic E-state index is 12.8. The molecule has 166 valence electrons. The zero-order chi connectivity index (χ0) is 19.2. The van der Waals surface area contributed by atoms with Gasteiger partial charge >= 0.3 is 0 Å². The summed E-state index contributed by atoms with van der Waals surface area (Å²) >= 11 is 0. The van der Waals surface area contributed by atoms with Gasteiger partial charge in [0.05, 0.1) is 0 Å². The molecule has 2 heterocycles. The quantitative estimate of drug-likeness (QED) is 0.714. The summed E-state index contributed by atoms with van der Waals surface area (Å²) in [5, 5.41) is 3.41. The minimum absolute atomic E-state index is 0. The molecule has 6 heteroatoms. The number of halogens is 2. The molecule has 4 nitrogen and oxygen atoms in total. The zero-order valence-corrected chi connectivity index (χ0v) is 19.8. The van der Waals surface area contributed by atoms with Crippen LogP contribution < -0.4 is 5.32 Å². The fourth-order valence-electron chi connectivity index (χ4n) is 5.24. The van der Waals surface area contributed by atoms with Gasteiger partial charge in [-0.3, -0.25) is 9.69 Å². The van der Waals surface area contributed by atoms with Crippen LogP contribution in [0.25, 0.3) is 0 Å². The van der Waals surface area contributed by atoms with Gasteiger partial charge in [0.1, 0.15) is 0 Å². The fraction of sp³-hybridized carbons (Fsp3) is 0.696. The fourth-order valence-corrected chi connectivity index (χ4v) is 5.24. The molecule has 0 spiro atoms. The lowest BCUT2D eigenvalue weighted by atomic mass is 9.84. The van der Waals surface area contributed by atoms with Crippen molar-refractivity contribution in [1.82, 2.24) is 15.1 Å². The lowest BCUT2D eigenvalue weighted by Gasteiger charge is -2.45. The summed E-state index contributed by atoms with van der Waals surface area (Å²) in [6.45, 7) is 10.00. The van der Waals surface area contributed by atoms with Crippen molar-refractivity contribution in [2.24, 2.45) is 17.8 Å². The van der Waals surface area contributed by atoms with Crippen LogP contribution in [0.5, 0.6) is 0 Å². The molecule has 2 saturated heterocycles. The number of piperidine rings is 2. The van der Waals surface area contributed by atoms with Gasteiger partial charge in [0.25, 0.3) is 0 Å². The van der Waals surface area contributed by atoms with Gasteiger partial charge in [-0.1, -0.05) is 44.2 Å². The van der Waals surface area contributed by atoms with Gasteiger partial charge in [-0.15, -0.1) is 24.8 Å². The van der Waals surface area contributed by atoms with E-state index in [2.05, 4.69) is 59.3 Å².